The predicted molar refractivity (Wildman–Crippen MR) is 126 cm³/mol. The molecule has 4 aromatic rings. The molecular formula is C24H25N7O5. The van der Waals surface area contributed by atoms with Crippen LogP contribution in [0.5, 0.6) is 17.4 Å². The van der Waals surface area contributed by atoms with Crippen molar-refractivity contribution >= 4 is 5.91 Å². The Morgan fingerprint density at radius 1 is 1.14 bits per heavy atom. The summed E-state index contributed by atoms with van der Waals surface area (Å²) in [4.78, 5) is 25.8. The molecule has 0 unspecified atom stereocenters. The quantitative estimate of drug-likeness (QED) is 0.362. The summed E-state index contributed by atoms with van der Waals surface area (Å²) >= 11 is 0. The van der Waals surface area contributed by atoms with Crippen LogP contribution in [0.1, 0.15) is 42.1 Å². The summed E-state index contributed by atoms with van der Waals surface area (Å²) < 4.78 is 22.1. The Morgan fingerprint density at radius 3 is 2.67 bits per heavy atom. The number of pyridine rings is 1. The summed E-state index contributed by atoms with van der Waals surface area (Å²) in [7, 11) is 3.05. The summed E-state index contributed by atoms with van der Waals surface area (Å²) in [5.74, 6) is 1.78. The zero-order chi connectivity index (χ0) is 25.1. The maximum absolute atomic E-state index is 13.9. The van der Waals surface area contributed by atoms with E-state index < -0.39 is 6.04 Å². The second kappa shape index (κ2) is 10.0. The smallest absolute Gasteiger partial charge is 0.256 e. The van der Waals surface area contributed by atoms with Crippen LogP contribution in [0.15, 0.2) is 47.4 Å². The molecule has 186 valence electrons. The summed E-state index contributed by atoms with van der Waals surface area (Å²) in [6, 6.07) is 6.52. The predicted octanol–water partition coefficient (Wildman–Crippen LogP) is 3.11. The third-order valence-electron chi connectivity index (χ3n) is 5.90. The number of nitrogens with zero attached hydrogens (tertiary/aromatic N) is 7. The number of likely N-dealkylation sites (tertiary alicyclic amines) is 1. The topological polar surface area (TPSA) is 131 Å². The molecule has 1 aliphatic rings. The molecule has 4 heterocycles. The van der Waals surface area contributed by atoms with Gasteiger partial charge in [0.2, 0.25) is 17.6 Å². The van der Waals surface area contributed by atoms with Crippen molar-refractivity contribution in [2.45, 2.75) is 25.8 Å². The maximum atomic E-state index is 13.9. The van der Waals surface area contributed by atoms with Gasteiger partial charge >= 0.3 is 0 Å². The Kier molecular flexibility index (Phi) is 6.48. The number of aromatic nitrogens is 6. The van der Waals surface area contributed by atoms with E-state index in [0.29, 0.717) is 65.5 Å². The maximum Gasteiger partial charge on any atom is 0.256 e. The van der Waals surface area contributed by atoms with Gasteiger partial charge in [0.05, 0.1) is 44.3 Å². The van der Waals surface area contributed by atoms with Gasteiger partial charge in [-0.15, -0.1) is 0 Å². The molecule has 0 N–H and O–H groups in total. The second-order valence-corrected chi connectivity index (χ2v) is 7.94. The first-order valence-corrected chi connectivity index (χ1v) is 11.5. The minimum Gasteiger partial charge on any atom is -0.493 e. The molecule has 0 spiro atoms. The third-order valence-corrected chi connectivity index (χ3v) is 5.90. The van der Waals surface area contributed by atoms with E-state index >= 15 is 0 Å². The van der Waals surface area contributed by atoms with E-state index in [4.69, 9.17) is 18.7 Å². The fraction of sp³-hybridized carbons (Fsp3) is 0.333. The number of ether oxygens (including phenoxy) is 3. The summed E-state index contributed by atoms with van der Waals surface area (Å²) in [6.07, 6.45) is 6.19. The lowest BCUT2D eigenvalue weighted by Crippen LogP contribution is -2.31. The van der Waals surface area contributed by atoms with Gasteiger partial charge in [-0.2, -0.15) is 20.0 Å². The van der Waals surface area contributed by atoms with Gasteiger partial charge in [-0.25, -0.2) is 4.98 Å². The first-order chi connectivity index (χ1) is 17.6. The van der Waals surface area contributed by atoms with Crippen LogP contribution in [0, 0.1) is 0 Å². The molecule has 1 aliphatic heterocycles. The molecule has 0 aliphatic carbocycles. The van der Waals surface area contributed by atoms with Crippen molar-refractivity contribution < 1.29 is 23.5 Å². The summed E-state index contributed by atoms with van der Waals surface area (Å²) in [5, 5.41) is 12.6. The Labute approximate surface area is 206 Å². The second-order valence-electron chi connectivity index (χ2n) is 7.94. The van der Waals surface area contributed by atoms with E-state index in [1.54, 1.807) is 41.7 Å². The number of hydrogen-bond acceptors (Lipinski definition) is 10. The molecule has 1 amide bonds. The number of amides is 1. The molecule has 0 radical (unpaired) electrons. The molecule has 0 saturated carbocycles. The van der Waals surface area contributed by atoms with Crippen molar-refractivity contribution in [3.05, 3.63) is 54.3 Å². The van der Waals surface area contributed by atoms with Crippen molar-refractivity contribution in [1.82, 2.24) is 35.0 Å². The fourth-order valence-electron chi connectivity index (χ4n) is 4.26. The van der Waals surface area contributed by atoms with E-state index in [0.717, 1.165) is 6.42 Å². The number of benzene rings is 1. The van der Waals surface area contributed by atoms with E-state index in [9.17, 15) is 4.79 Å². The number of methoxy groups -OCH3 is 2. The van der Waals surface area contributed by atoms with E-state index in [1.807, 2.05) is 13.0 Å². The first-order valence-electron chi connectivity index (χ1n) is 11.5. The lowest BCUT2D eigenvalue weighted by Gasteiger charge is -2.23. The van der Waals surface area contributed by atoms with Gasteiger partial charge in [0.25, 0.3) is 5.91 Å². The average Bonchev–Trinajstić information content (AvgIpc) is 3.69. The van der Waals surface area contributed by atoms with Crippen LogP contribution in [0.3, 0.4) is 0 Å². The first kappa shape index (κ1) is 23.3. The third kappa shape index (κ3) is 4.21. The van der Waals surface area contributed by atoms with Gasteiger partial charge in [-0.1, -0.05) is 5.16 Å². The average molecular weight is 492 g/mol. The Morgan fingerprint density at radius 2 is 1.92 bits per heavy atom. The van der Waals surface area contributed by atoms with Crippen LogP contribution in [-0.4, -0.2) is 68.3 Å². The molecule has 1 aromatic carbocycles. The highest BCUT2D eigenvalue weighted by molar-refractivity contribution is 5.99. The largest absolute Gasteiger partial charge is 0.493 e. The van der Waals surface area contributed by atoms with Crippen molar-refractivity contribution in [2.75, 3.05) is 27.4 Å². The zero-order valence-electron chi connectivity index (χ0n) is 20.1. The van der Waals surface area contributed by atoms with Crippen molar-refractivity contribution in [3.8, 4) is 34.5 Å². The van der Waals surface area contributed by atoms with Crippen LogP contribution in [0.25, 0.3) is 17.1 Å². The van der Waals surface area contributed by atoms with Gasteiger partial charge in [-0.05, 0) is 38.0 Å². The summed E-state index contributed by atoms with van der Waals surface area (Å²) in [5.41, 5.74) is 1.45. The highest BCUT2D eigenvalue weighted by Gasteiger charge is 2.36. The van der Waals surface area contributed by atoms with E-state index in [2.05, 4.69) is 25.3 Å². The minimum atomic E-state index is -0.391. The van der Waals surface area contributed by atoms with Crippen LogP contribution < -0.4 is 14.2 Å². The van der Waals surface area contributed by atoms with E-state index in [1.165, 1.54) is 19.0 Å². The molecule has 12 nitrogen and oxygen atoms in total. The highest BCUT2D eigenvalue weighted by Crippen LogP contribution is 2.37. The Bertz CT molecular complexity index is 1350. The minimum absolute atomic E-state index is 0.234. The highest BCUT2D eigenvalue weighted by atomic mass is 16.5. The van der Waals surface area contributed by atoms with Crippen LogP contribution in [-0.2, 0) is 0 Å². The molecule has 36 heavy (non-hydrogen) atoms. The molecule has 12 heteroatoms. The molecule has 1 atom stereocenters. The van der Waals surface area contributed by atoms with Gasteiger partial charge in [0.15, 0.2) is 11.5 Å². The van der Waals surface area contributed by atoms with Crippen molar-refractivity contribution in [1.29, 1.82) is 0 Å². The number of hydrogen-bond donors (Lipinski definition) is 0. The zero-order valence-corrected chi connectivity index (χ0v) is 20.1. The Hall–Kier alpha value is -4.48. The number of rotatable bonds is 8. The molecular weight excluding hydrogens is 466 g/mol. The van der Waals surface area contributed by atoms with Crippen LogP contribution >= 0.6 is 0 Å². The normalized spacial score (nSPS) is 15.2. The van der Waals surface area contributed by atoms with Crippen LogP contribution in [0.4, 0.5) is 0 Å². The molecule has 5 rings (SSSR count). The van der Waals surface area contributed by atoms with Crippen LogP contribution in [0.2, 0.25) is 0 Å². The van der Waals surface area contributed by atoms with Crippen molar-refractivity contribution in [3.63, 3.8) is 0 Å². The van der Waals surface area contributed by atoms with Crippen molar-refractivity contribution in [2.24, 2.45) is 0 Å². The Balaban J connectivity index is 1.49. The fourth-order valence-corrected chi connectivity index (χ4v) is 4.26. The molecule has 3 aromatic heterocycles. The number of carbonyl (C=O) groups is 1. The van der Waals surface area contributed by atoms with Gasteiger partial charge in [0, 0.05) is 18.8 Å². The standard InChI is InChI=1S/C24H25N7O5/c1-4-35-22-15(7-5-9-25-22)21-28-23(36-29-21)17-8-6-12-30(17)24(32)16-13-19(33-2)20(34-3)14-18(16)31-26-10-11-27-31/h5,7,9-11,13-14,17H,4,6,8,12H2,1-3H3/t17-/m0/s1. The SMILES string of the molecule is CCOc1ncccc1-c1noc([C@@H]2CCCN2C(=O)c2cc(OC)c(OC)cc2-n2nccn2)n1. The molecule has 0 bridgehead atoms. The van der Waals surface area contributed by atoms with Gasteiger partial charge < -0.3 is 23.6 Å². The number of carbonyl (C=O) groups excluding carboxylic acids is 1. The monoisotopic (exact) mass is 491 g/mol. The van der Waals surface area contributed by atoms with Gasteiger partial charge in [-0.3, -0.25) is 4.79 Å². The lowest BCUT2D eigenvalue weighted by atomic mass is 10.1. The van der Waals surface area contributed by atoms with E-state index in [-0.39, 0.29) is 5.91 Å². The molecule has 1 saturated heterocycles. The summed E-state index contributed by atoms with van der Waals surface area (Å²) in [6.45, 7) is 2.86. The molecule has 1 fully saturated rings. The van der Waals surface area contributed by atoms with Gasteiger partial charge in [0.1, 0.15) is 11.7 Å². The lowest BCUT2D eigenvalue weighted by molar-refractivity contribution is 0.0709.